The first-order valence-corrected chi connectivity index (χ1v) is 7.17. The second kappa shape index (κ2) is 6.30. The summed E-state index contributed by atoms with van der Waals surface area (Å²) in [5.74, 6) is 0.00507. The van der Waals surface area contributed by atoms with Crippen molar-refractivity contribution in [3.63, 3.8) is 0 Å². The van der Waals surface area contributed by atoms with E-state index in [0.717, 1.165) is 12.8 Å². The van der Waals surface area contributed by atoms with Gasteiger partial charge in [0.15, 0.2) is 0 Å². The predicted molar refractivity (Wildman–Crippen MR) is 76.5 cm³/mol. The molecule has 0 radical (unpaired) electrons. The van der Waals surface area contributed by atoms with Crippen LogP contribution in [0.3, 0.4) is 0 Å². The Bertz CT molecular complexity index is 525. The summed E-state index contributed by atoms with van der Waals surface area (Å²) in [5.41, 5.74) is 5.43. The van der Waals surface area contributed by atoms with Crippen LogP contribution in [0.5, 0.6) is 0 Å². The monoisotopic (exact) mass is 294 g/mol. The molecule has 1 aromatic heterocycles. The normalized spacial score (nSPS) is 24.5. The van der Waals surface area contributed by atoms with Crippen molar-refractivity contribution >= 4 is 11.9 Å². The second-order valence-corrected chi connectivity index (χ2v) is 5.59. The molecule has 1 aliphatic rings. The van der Waals surface area contributed by atoms with Gasteiger partial charge in [-0.15, -0.1) is 0 Å². The zero-order valence-corrected chi connectivity index (χ0v) is 12.7. The number of piperidine rings is 1. The van der Waals surface area contributed by atoms with E-state index in [1.54, 1.807) is 12.1 Å². The third kappa shape index (κ3) is 3.26. The van der Waals surface area contributed by atoms with E-state index < -0.39 is 5.97 Å². The first-order valence-electron chi connectivity index (χ1n) is 7.17. The maximum absolute atomic E-state index is 11.4. The Morgan fingerprint density at radius 3 is 2.76 bits per heavy atom. The Kier molecular flexibility index (Phi) is 4.67. The summed E-state index contributed by atoms with van der Waals surface area (Å²) < 4.78 is 10.2. The van der Waals surface area contributed by atoms with E-state index in [1.807, 2.05) is 6.92 Å². The fourth-order valence-corrected chi connectivity index (χ4v) is 2.86. The third-order valence-electron chi connectivity index (χ3n) is 4.26. The number of ether oxygens (including phenoxy) is 1. The molecule has 1 aromatic rings. The van der Waals surface area contributed by atoms with E-state index in [4.69, 9.17) is 10.2 Å². The highest BCUT2D eigenvalue weighted by Crippen LogP contribution is 2.31. The Labute approximate surface area is 124 Å². The molecule has 1 amide bonds. The van der Waals surface area contributed by atoms with E-state index in [0.29, 0.717) is 18.3 Å². The minimum atomic E-state index is -0.491. The molecule has 1 aliphatic heterocycles. The Hall–Kier alpha value is -1.82. The van der Waals surface area contributed by atoms with Crippen molar-refractivity contribution in [1.82, 2.24) is 4.90 Å². The second-order valence-electron chi connectivity index (χ2n) is 5.59. The molecule has 116 valence electrons. The number of rotatable bonds is 4. The highest BCUT2D eigenvalue weighted by molar-refractivity contribution is 5.86. The minimum absolute atomic E-state index is 0.0273. The highest BCUT2D eigenvalue weighted by atomic mass is 16.5. The van der Waals surface area contributed by atoms with Gasteiger partial charge in [-0.05, 0) is 38.8 Å². The molecule has 0 aromatic carbocycles. The van der Waals surface area contributed by atoms with Gasteiger partial charge in [-0.1, -0.05) is 0 Å². The lowest BCUT2D eigenvalue weighted by molar-refractivity contribution is -0.124. The van der Waals surface area contributed by atoms with Gasteiger partial charge in [0, 0.05) is 12.6 Å². The summed E-state index contributed by atoms with van der Waals surface area (Å²) >= 11 is 0. The Morgan fingerprint density at radius 2 is 2.14 bits per heavy atom. The summed E-state index contributed by atoms with van der Waals surface area (Å²) in [4.78, 5) is 25.0. The smallest absolute Gasteiger partial charge is 0.373 e. The number of furan rings is 1. The van der Waals surface area contributed by atoms with Gasteiger partial charge < -0.3 is 14.9 Å². The van der Waals surface area contributed by atoms with Crippen LogP contribution in [0.25, 0.3) is 0 Å². The first-order chi connectivity index (χ1) is 9.93. The number of carbonyl (C=O) groups excluding carboxylic acids is 2. The number of methoxy groups -OCH3 is 1. The number of amides is 1. The molecule has 3 atom stereocenters. The molecular weight excluding hydrogens is 272 g/mol. The number of esters is 1. The summed E-state index contributed by atoms with van der Waals surface area (Å²) in [6, 6.07) is 3.69. The number of likely N-dealkylation sites (tertiary alicyclic amines) is 1. The van der Waals surface area contributed by atoms with Crippen LogP contribution in [0, 0.1) is 5.92 Å². The van der Waals surface area contributed by atoms with E-state index in [1.165, 1.54) is 7.11 Å². The van der Waals surface area contributed by atoms with Gasteiger partial charge in [0.2, 0.25) is 11.7 Å². The van der Waals surface area contributed by atoms with Crippen LogP contribution in [0.1, 0.15) is 49.0 Å². The van der Waals surface area contributed by atoms with Gasteiger partial charge in [-0.3, -0.25) is 9.69 Å². The molecule has 2 rings (SSSR count). The molecule has 0 spiro atoms. The fourth-order valence-electron chi connectivity index (χ4n) is 2.86. The molecule has 3 unspecified atom stereocenters. The Morgan fingerprint density at radius 1 is 1.43 bits per heavy atom. The predicted octanol–water partition coefficient (Wildman–Crippen LogP) is 1.71. The van der Waals surface area contributed by atoms with Crippen LogP contribution in [0.2, 0.25) is 0 Å². The van der Waals surface area contributed by atoms with Crippen molar-refractivity contribution in [3.8, 4) is 0 Å². The molecule has 0 bridgehead atoms. The molecule has 6 nitrogen and oxygen atoms in total. The largest absolute Gasteiger partial charge is 0.463 e. The van der Waals surface area contributed by atoms with Crippen molar-refractivity contribution in [1.29, 1.82) is 0 Å². The summed E-state index contributed by atoms with van der Waals surface area (Å²) in [7, 11) is 1.32. The van der Waals surface area contributed by atoms with E-state index in [2.05, 4.69) is 16.6 Å². The van der Waals surface area contributed by atoms with Crippen LogP contribution in [0.15, 0.2) is 16.5 Å². The van der Waals surface area contributed by atoms with Crippen molar-refractivity contribution in [2.24, 2.45) is 11.7 Å². The van der Waals surface area contributed by atoms with Crippen LogP contribution >= 0.6 is 0 Å². The lowest BCUT2D eigenvalue weighted by atomic mass is 9.91. The van der Waals surface area contributed by atoms with Gasteiger partial charge in [0.05, 0.1) is 19.1 Å². The topological polar surface area (TPSA) is 85.8 Å². The number of nitrogens with zero attached hydrogens (tertiary/aromatic N) is 1. The number of hydrogen-bond donors (Lipinski definition) is 1. The van der Waals surface area contributed by atoms with E-state index in [9.17, 15) is 9.59 Å². The maximum atomic E-state index is 11.4. The quantitative estimate of drug-likeness (QED) is 0.854. The third-order valence-corrected chi connectivity index (χ3v) is 4.26. The molecule has 0 aliphatic carbocycles. The van der Waals surface area contributed by atoms with Gasteiger partial charge in [0.25, 0.3) is 0 Å². The van der Waals surface area contributed by atoms with Crippen LogP contribution < -0.4 is 5.73 Å². The molecule has 0 saturated carbocycles. The van der Waals surface area contributed by atoms with Gasteiger partial charge in [-0.2, -0.15) is 0 Å². The van der Waals surface area contributed by atoms with Crippen molar-refractivity contribution in [2.45, 2.75) is 38.8 Å². The maximum Gasteiger partial charge on any atom is 0.373 e. The van der Waals surface area contributed by atoms with Gasteiger partial charge in [0.1, 0.15) is 5.76 Å². The average molecular weight is 294 g/mol. The van der Waals surface area contributed by atoms with Gasteiger partial charge in [-0.25, -0.2) is 4.79 Å². The molecule has 2 heterocycles. The van der Waals surface area contributed by atoms with Gasteiger partial charge >= 0.3 is 5.97 Å². The fraction of sp³-hybridized carbons (Fsp3) is 0.600. The van der Waals surface area contributed by atoms with Crippen molar-refractivity contribution in [2.75, 3.05) is 13.7 Å². The Balaban J connectivity index is 2.13. The molecular formula is C15H22N2O4. The van der Waals surface area contributed by atoms with Crippen LogP contribution in [0.4, 0.5) is 0 Å². The van der Waals surface area contributed by atoms with E-state index >= 15 is 0 Å². The number of hydrogen-bond acceptors (Lipinski definition) is 5. The first kappa shape index (κ1) is 15.6. The molecule has 1 saturated heterocycles. The molecule has 1 fully saturated rings. The average Bonchev–Trinajstić information content (AvgIpc) is 2.95. The summed E-state index contributed by atoms with van der Waals surface area (Å²) in [6.07, 6.45) is 1.74. The summed E-state index contributed by atoms with van der Waals surface area (Å²) in [5, 5.41) is 0. The lowest BCUT2D eigenvalue weighted by Crippen LogP contribution is -2.46. The lowest BCUT2D eigenvalue weighted by Gasteiger charge is -2.40. The van der Waals surface area contributed by atoms with Crippen LogP contribution in [-0.4, -0.2) is 36.5 Å². The zero-order chi connectivity index (χ0) is 15.6. The van der Waals surface area contributed by atoms with E-state index in [-0.39, 0.29) is 23.6 Å². The standard InChI is InChI=1S/C15H22N2O4/c1-9-4-5-11(14(16)18)8-17(9)10(2)12-6-7-13(21-12)15(19)20-3/h6-7,9-11H,4-5,8H2,1-3H3,(H2,16,18). The van der Waals surface area contributed by atoms with Crippen molar-refractivity contribution < 1.29 is 18.7 Å². The molecule has 2 N–H and O–H groups in total. The number of nitrogens with two attached hydrogens (primary N) is 1. The summed E-state index contributed by atoms with van der Waals surface area (Å²) in [6.45, 7) is 4.74. The SMILES string of the molecule is COC(=O)c1ccc(C(C)N2CC(C(N)=O)CCC2C)o1. The highest BCUT2D eigenvalue weighted by Gasteiger charge is 2.33. The van der Waals surface area contributed by atoms with Crippen molar-refractivity contribution in [3.05, 3.63) is 23.7 Å². The number of carbonyl (C=O) groups is 2. The number of primary amides is 1. The van der Waals surface area contributed by atoms with Crippen LogP contribution in [-0.2, 0) is 9.53 Å². The zero-order valence-electron chi connectivity index (χ0n) is 12.7. The molecule has 21 heavy (non-hydrogen) atoms. The minimum Gasteiger partial charge on any atom is -0.463 e. The molecule has 6 heteroatoms.